The Morgan fingerprint density at radius 1 is 0.250 bits per heavy atom. The highest BCUT2D eigenvalue weighted by Gasteiger charge is 1.94. The molecule has 0 rings (SSSR count). The summed E-state index contributed by atoms with van der Waals surface area (Å²) in [4.78, 5) is 0. The zero-order valence-electron chi connectivity index (χ0n) is 25.4. The molecule has 0 bridgehead atoms. The van der Waals surface area contributed by atoms with Gasteiger partial charge in [0.25, 0.3) is 0 Å². The number of allylic oxidation sites excluding steroid dienone is 4. The molecule has 0 saturated carbocycles. The number of unbranched alkanes of at least 4 members (excludes halogenated alkanes) is 27. The second-order valence-electron chi connectivity index (χ2n) is 11.4. The van der Waals surface area contributed by atoms with Gasteiger partial charge in [0.15, 0.2) is 0 Å². The summed E-state index contributed by atoms with van der Waals surface area (Å²) in [7, 11) is 0. The molecule has 1 radical (unpaired) electrons. The first kappa shape index (κ1) is 35.5. The standard InChI is InChI=1S/C36H69/c1-3-5-7-9-11-13-15-17-19-21-23-25-27-29-31-33-35-36-34-32-30-28-26-24-22-20-18-16-14-12-10-8-6-4-2/h17,19,24,26,36H,3-16,18,20-23,25,27-35H2,1-2H3/b19-17?,26-24-. The lowest BCUT2D eigenvalue weighted by atomic mass is 10.0. The fourth-order valence-electron chi connectivity index (χ4n) is 5.04. The predicted molar refractivity (Wildman–Crippen MR) is 168 cm³/mol. The van der Waals surface area contributed by atoms with E-state index in [0.29, 0.717) is 0 Å². The van der Waals surface area contributed by atoms with Gasteiger partial charge in [-0.15, -0.1) is 0 Å². The molecule has 0 aromatic rings. The summed E-state index contributed by atoms with van der Waals surface area (Å²) < 4.78 is 0. The van der Waals surface area contributed by atoms with Gasteiger partial charge >= 0.3 is 0 Å². The number of rotatable bonds is 31. The van der Waals surface area contributed by atoms with Crippen molar-refractivity contribution in [3.63, 3.8) is 0 Å². The minimum atomic E-state index is 1.29. The van der Waals surface area contributed by atoms with E-state index < -0.39 is 0 Å². The molecule has 0 nitrogen and oxygen atoms in total. The largest absolute Gasteiger partial charge is 0.0885 e. The summed E-state index contributed by atoms with van der Waals surface area (Å²) in [5.41, 5.74) is 0. The molecule has 36 heavy (non-hydrogen) atoms. The van der Waals surface area contributed by atoms with Gasteiger partial charge in [-0.05, 0) is 57.8 Å². The average Bonchev–Trinajstić information content (AvgIpc) is 2.89. The van der Waals surface area contributed by atoms with Crippen LogP contribution in [-0.2, 0) is 0 Å². The van der Waals surface area contributed by atoms with E-state index in [0.717, 1.165) is 0 Å². The lowest BCUT2D eigenvalue weighted by Gasteiger charge is -2.02. The molecule has 0 atom stereocenters. The van der Waals surface area contributed by atoms with E-state index >= 15 is 0 Å². The molecular weight excluding hydrogens is 432 g/mol. The molecule has 0 aliphatic heterocycles. The summed E-state index contributed by atoms with van der Waals surface area (Å²) >= 11 is 0. The Bertz CT molecular complexity index is 418. The van der Waals surface area contributed by atoms with Gasteiger partial charge in [0.05, 0.1) is 0 Å². The smallest absolute Gasteiger partial charge is 0.0351 e. The van der Waals surface area contributed by atoms with Gasteiger partial charge in [0.1, 0.15) is 0 Å². The Labute approximate surface area is 230 Å². The van der Waals surface area contributed by atoms with Crippen LogP contribution in [0, 0.1) is 6.42 Å². The van der Waals surface area contributed by atoms with E-state index in [9.17, 15) is 0 Å². The highest BCUT2D eigenvalue weighted by molar-refractivity contribution is 4.82. The molecule has 0 fully saturated rings. The van der Waals surface area contributed by atoms with E-state index in [1.54, 1.807) is 0 Å². The molecule has 0 unspecified atom stereocenters. The first-order valence-electron chi connectivity index (χ1n) is 17.0. The molecule has 0 spiro atoms. The fraction of sp³-hybridized carbons (Fsp3) is 0.861. The zero-order valence-corrected chi connectivity index (χ0v) is 25.4. The van der Waals surface area contributed by atoms with Crippen LogP contribution in [0.25, 0.3) is 0 Å². The Balaban J connectivity index is 3.11. The second-order valence-corrected chi connectivity index (χ2v) is 11.4. The molecule has 0 N–H and O–H groups in total. The highest BCUT2D eigenvalue weighted by Crippen LogP contribution is 2.14. The van der Waals surface area contributed by atoms with Crippen molar-refractivity contribution < 1.29 is 0 Å². The molecule has 0 aliphatic rings. The van der Waals surface area contributed by atoms with Crippen LogP contribution in [-0.4, -0.2) is 0 Å². The third-order valence-corrected chi connectivity index (χ3v) is 7.59. The normalized spacial score (nSPS) is 11.9. The second kappa shape index (κ2) is 34.5. The van der Waals surface area contributed by atoms with Crippen LogP contribution in [0.5, 0.6) is 0 Å². The van der Waals surface area contributed by atoms with E-state index in [1.165, 1.54) is 186 Å². The quantitative estimate of drug-likeness (QED) is 0.0654. The van der Waals surface area contributed by atoms with Crippen LogP contribution < -0.4 is 0 Å². The van der Waals surface area contributed by atoms with Crippen molar-refractivity contribution in [1.82, 2.24) is 0 Å². The first-order chi connectivity index (χ1) is 17.9. The van der Waals surface area contributed by atoms with Crippen LogP contribution in [0.1, 0.15) is 200 Å². The molecule has 0 aromatic heterocycles. The van der Waals surface area contributed by atoms with Gasteiger partial charge in [-0.2, -0.15) is 0 Å². The van der Waals surface area contributed by atoms with Gasteiger partial charge in [-0.3, -0.25) is 0 Å². The Morgan fingerprint density at radius 2 is 0.472 bits per heavy atom. The van der Waals surface area contributed by atoms with Crippen molar-refractivity contribution in [3.8, 4) is 0 Å². The maximum atomic E-state index is 2.56. The van der Waals surface area contributed by atoms with Gasteiger partial charge < -0.3 is 0 Å². The van der Waals surface area contributed by atoms with Crippen molar-refractivity contribution in [2.75, 3.05) is 0 Å². The first-order valence-corrected chi connectivity index (χ1v) is 17.0. The minimum Gasteiger partial charge on any atom is -0.0885 e. The Morgan fingerprint density at radius 3 is 0.806 bits per heavy atom. The Hall–Kier alpha value is -0.520. The zero-order chi connectivity index (χ0) is 26.0. The lowest BCUT2D eigenvalue weighted by molar-refractivity contribution is 0.566. The van der Waals surface area contributed by atoms with E-state index in [1.807, 2.05) is 0 Å². The van der Waals surface area contributed by atoms with Crippen molar-refractivity contribution in [3.05, 3.63) is 30.7 Å². The van der Waals surface area contributed by atoms with Crippen LogP contribution in [0.4, 0.5) is 0 Å². The maximum absolute atomic E-state index is 2.56. The predicted octanol–water partition coefficient (Wildman–Crippen LogP) is 13.7. The van der Waals surface area contributed by atoms with Crippen molar-refractivity contribution in [2.24, 2.45) is 0 Å². The molecule has 0 amide bonds. The topological polar surface area (TPSA) is 0 Å². The van der Waals surface area contributed by atoms with Crippen molar-refractivity contribution in [1.29, 1.82) is 0 Å². The van der Waals surface area contributed by atoms with Crippen molar-refractivity contribution >= 4 is 0 Å². The molecule has 0 saturated heterocycles. The molecule has 0 heterocycles. The van der Waals surface area contributed by atoms with Gasteiger partial charge in [-0.25, -0.2) is 0 Å². The third kappa shape index (κ3) is 33.5. The van der Waals surface area contributed by atoms with Gasteiger partial charge in [-0.1, -0.05) is 173 Å². The average molecular weight is 502 g/mol. The monoisotopic (exact) mass is 502 g/mol. The van der Waals surface area contributed by atoms with E-state index in [-0.39, 0.29) is 0 Å². The molecule has 0 heteroatoms. The number of hydrogen-bond donors (Lipinski definition) is 0. The Kier molecular flexibility index (Phi) is 34.0. The maximum Gasteiger partial charge on any atom is -0.0351 e. The highest BCUT2D eigenvalue weighted by atomic mass is 14.0. The van der Waals surface area contributed by atoms with E-state index in [4.69, 9.17) is 0 Å². The summed E-state index contributed by atoms with van der Waals surface area (Å²) in [6.07, 6.45) is 52.9. The van der Waals surface area contributed by atoms with Crippen molar-refractivity contribution in [2.45, 2.75) is 200 Å². The summed E-state index contributed by atoms with van der Waals surface area (Å²) in [5.74, 6) is 0. The van der Waals surface area contributed by atoms with Crippen LogP contribution >= 0.6 is 0 Å². The minimum absolute atomic E-state index is 1.29. The van der Waals surface area contributed by atoms with Crippen LogP contribution in [0.2, 0.25) is 0 Å². The van der Waals surface area contributed by atoms with E-state index in [2.05, 4.69) is 44.6 Å². The molecule has 0 aliphatic carbocycles. The van der Waals surface area contributed by atoms with Crippen LogP contribution in [0.3, 0.4) is 0 Å². The third-order valence-electron chi connectivity index (χ3n) is 7.59. The summed E-state index contributed by atoms with van der Waals surface area (Å²) in [5, 5.41) is 0. The molecule has 213 valence electrons. The SMILES string of the molecule is CCCCCCCCC=CCCCCCCCC[CH]CCCC/C=C\CCCCCCCCCCC. The van der Waals surface area contributed by atoms with Gasteiger partial charge in [0.2, 0.25) is 0 Å². The van der Waals surface area contributed by atoms with Crippen LogP contribution in [0.15, 0.2) is 24.3 Å². The lowest BCUT2D eigenvalue weighted by Crippen LogP contribution is -1.83. The summed E-state index contributed by atoms with van der Waals surface area (Å²) in [6, 6.07) is 0. The summed E-state index contributed by atoms with van der Waals surface area (Å²) in [6.45, 7) is 4.59. The fourth-order valence-corrected chi connectivity index (χ4v) is 5.04. The molecular formula is C36H69. The number of hydrogen-bond acceptors (Lipinski definition) is 0. The molecule has 0 aromatic carbocycles. The van der Waals surface area contributed by atoms with Gasteiger partial charge in [0, 0.05) is 0 Å².